The smallest absolute Gasteiger partial charge is 0.0596 e. The molecule has 2 nitrogen and oxygen atoms in total. The Morgan fingerprint density at radius 1 is 1.05 bits per heavy atom. The van der Waals surface area contributed by atoms with Crippen molar-refractivity contribution in [3.05, 3.63) is 71.3 Å². The molecule has 0 saturated carbocycles. The molecule has 22 heavy (non-hydrogen) atoms. The maximum atomic E-state index is 10.4. The van der Waals surface area contributed by atoms with Crippen LogP contribution in [0.1, 0.15) is 23.1 Å². The average Bonchev–Trinajstić information content (AvgIpc) is 2.54. The van der Waals surface area contributed by atoms with Crippen molar-refractivity contribution in [3.63, 3.8) is 0 Å². The number of benzene rings is 2. The third kappa shape index (κ3) is 3.76. The van der Waals surface area contributed by atoms with E-state index in [9.17, 15) is 5.11 Å². The van der Waals surface area contributed by atoms with Crippen molar-refractivity contribution >= 4 is 0 Å². The lowest BCUT2D eigenvalue weighted by molar-refractivity contribution is 0.0239. The summed E-state index contributed by atoms with van der Waals surface area (Å²) < 4.78 is 0. The molecule has 1 aliphatic heterocycles. The molecule has 0 aromatic heterocycles. The second kappa shape index (κ2) is 7.08. The monoisotopic (exact) mass is 295 g/mol. The van der Waals surface area contributed by atoms with Gasteiger partial charge in [0, 0.05) is 25.6 Å². The molecule has 0 amide bonds. The number of aryl methyl sites for hydroxylation is 1. The van der Waals surface area contributed by atoms with Gasteiger partial charge in [0.1, 0.15) is 0 Å². The summed E-state index contributed by atoms with van der Waals surface area (Å²) in [6.07, 6.45) is 1.68. The molecular formula is C20H25NO. The molecule has 2 atom stereocenters. The highest BCUT2D eigenvalue weighted by molar-refractivity contribution is 5.26. The SMILES string of the molecule is Cc1ccccc1CC1CN(Cc2ccccc2)CCC1O. The van der Waals surface area contributed by atoms with Crippen molar-refractivity contribution in [2.24, 2.45) is 5.92 Å². The third-order valence-electron chi connectivity index (χ3n) is 4.77. The van der Waals surface area contributed by atoms with E-state index in [0.29, 0.717) is 5.92 Å². The lowest BCUT2D eigenvalue weighted by Gasteiger charge is -2.36. The van der Waals surface area contributed by atoms with Crippen molar-refractivity contribution in [3.8, 4) is 0 Å². The van der Waals surface area contributed by atoms with Crippen molar-refractivity contribution < 1.29 is 5.11 Å². The number of nitrogens with zero attached hydrogens (tertiary/aromatic N) is 1. The van der Waals surface area contributed by atoms with Crippen LogP contribution in [0, 0.1) is 12.8 Å². The molecule has 2 aromatic carbocycles. The van der Waals surface area contributed by atoms with Crippen LogP contribution in [0.25, 0.3) is 0 Å². The van der Waals surface area contributed by atoms with E-state index >= 15 is 0 Å². The number of hydrogen-bond donors (Lipinski definition) is 1. The van der Waals surface area contributed by atoms with Gasteiger partial charge < -0.3 is 5.11 Å². The van der Waals surface area contributed by atoms with Crippen molar-refractivity contribution in [1.29, 1.82) is 0 Å². The lowest BCUT2D eigenvalue weighted by atomic mass is 9.87. The van der Waals surface area contributed by atoms with Crippen molar-refractivity contribution in [1.82, 2.24) is 4.90 Å². The minimum absolute atomic E-state index is 0.174. The summed E-state index contributed by atoms with van der Waals surface area (Å²) in [7, 11) is 0. The van der Waals surface area contributed by atoms with Crippen molar-refractivity contribution in [2.45, 2.75) is 32.4 Å². The van der Waals surface area contributed by atoms with Crippen LogP contribution in [0.5, 0.6) is 0 Å². The van der Waals surface area contributed by atoms with Crippen molar-refractivity contribution in [2.75, 3.05) is 13.1 Å². The van der Waals surface area contributed by atoms with Crippen LogP contribution in [-0.4, -0.2) is 29.2 Å². The van der Waals surface area contributed by atoms with E-state index in [4.69, 9.17) is 0 Å². The summed E-state index contributed by atoms with van der Waals surface area (Å²) >= 11 is 0. The van der Waals surface area contributed by atoms with E-state index < -0.39 is 0 Å². The fourth-order valence-electron chi connectivity index (χ4n) is 3.40. The first-order valence-corrected chi connectivity index (χ1v) is 8.21. The normalized spacial score (nSPS) is 22.6. The Kier molecular flexibility index (Phi) is 4.91. The standard InChI is InChI=1S/C20H25NO/c1-16-7-5-6-10-18(16)13-19-15-21(12-11-20(19)22)14-17-8-3-2-4-9-17/h2-10,19-20,22H,11-15H2,1H3. The third-order valence-corrected chi connectivity index (χ3v) is 4.77. The van der Waals surface area contributed by atoms with Gasteiger partial charge in [-0.2, -0.15) is 0 Å². The molecule has 1 saturated heterocycles. The summed E-state index contributed by atoms with van der Waals surface area (Å²) in [4.78, 5) is 2.48. The Labute approximate surface area is 133 Å². The van der Waals surface area contributed by atoms with Crippen LogP contribution in [0.3, 0.4) is 0 Å². The zero-order valence-electron chi connectivity index (χ0n) is 13.3. The quantitative estimate of drug-likeness (QED) is 0.934. The summed E-state index contributed by atoms with van der Waals surface area (Å²) in [5, 5.41) is 10.4. The van der Waals surface area contributed by atoms with Gasteiger partial charge in [-0.15, -0.1) is 0 Å². The number of hydrogen-bond acceptors (Lipinski definition) is 2. The Morgan fingerprint density at radius 2 is 1.77 bits per heavy atom. The first-order chi connectivity index (χ1) is 10.7. The minimum Gasteiger partial charge on any atom is -0.393 e. The summed E-state index contributed by atoms with van der Waals surface area (Å²) in [6, 6.07) is 19.1. The molecule has 0 radical (unpaired) electrons. The highest BCUT2D eigenvalue weighted by atomic mass is 16.3. The lowest BCUT2D eigenvalue weighted by Crippen LogP contribution is -2.43. The van der Waals surface area contributed by atoms with Gasteiger partial charge >= 0.3 is 0 Å². The number of aliphatic hydroxyl groups is 1. The predicted molar refractivity (Wildman–Crippen MR) is 90.7 cm³/mol. The first-order valence-electron chi connectivity index (χ1n) is 8.21. The van der Waals surface area contributed by atoms with Gasteiger partial charge in [0.25, 0.3) is 0 Å². The molecule has 1 fully saturated rings. The predicted octanol–water partition coefficient (Wildman–Crippen LogP) is 3.42. The maximum absolute atomic E-state index is 10.4. The summed E-state index contributed by atoms with van der Waals surface area (Å²) in [6.45, 7) is 5.11. The van der Waals surface area contributed by atoms with Gasteiger partial charge in [-0.1, -0.05) is 54.6 Å². The molecule has 116 valence electrons. The second-order valence-electron chi connectivity index (χ2n) is 6.47. The van der Waals surface area contributed by atoms with E-state index in [0.717, 1.165) is 32.5 Å². The van der Waals surface area contributed by atoms with Gasteiger partial charge in [-0.25, -0.2) is 0 Å². The topological polar surface area (TPSA) is 23.5 Å². The highest BCUT2D eigenvalue weighted by Gasteiger charge is 2.28. The van der Waals surface area contributed by atoms with Gasteiger partial charge in [0.2, 0.25) is 0 Å². The molecule has 1 aliphatic rings. The van der Waals surface area contributed by atoms with Crippen LogP contribution in [0.2, 0.25) is 0 Å². The molecule has 1 N–H and O–H groups in total. The molecule has 0 bridgehead atoms. The Morgan fingerprint density at radius 3 is 2.55 bits per heavy atom. The summed E-state index contributed by atoms with van der Waals surface area (Å²) in [5.74, 6) is 0.332. The zero-order chi connectivity index (χ0) is 15.4. The largest absolute Gasteiger partial charge is 0.393 e. The van der Waals surface area contributed by atoms with Gasteiger partial charge in [-0.05, 0) is 36.5 Å². The summed E-state index contributed by atoms with van der Waals surface area (Å²) in [5.41, 5.74) is 4.05. The van der Waals surface area contributed by atoms with Crippen LogP contribution in [0.15, 0.2) is 54.6 Å². The molecular weight excluding hydrogens is 270 g/mol. The molecule has 3 rings (SSSR count). The Bertz CT molecular complexity index is 596. The second-order valence-corrected chi connectivity index (χ2v) is 6.47. The number of rotatable bonds is 4. The van der Waals surface area contributed by atoms with Gasteiger partial charge in [0.15, 0.2) is 0 Å². The van der Waals surface area contributed by atoms with Crippen LogP contribution in [0.4, 0.5) is 0 Å². The molecule has 2 heteroatoms. The van der Waals surface area contributed by atoms with Crippen LogP contribution in [-0.2, 0) is 13.0 Å². The zero-order valence-corrected chi connectivity index (χ0v) is 13.3. The highest BCUT2D eigenvalue weighted by Crippen LogP contribution is 2.24. The fraction of sp³-hybridized carbons (Fsp3) is 0.400. The minimum atomic E-state index is -0.174. The number of piperidine rings is 1. The van der Waals surface area contributed by atoms with Gasteiger partial charge in [0.05, 0.1) is 6.10 Å². The van der Waals surface area contributed by atoms with Crippen LogP contribution < -0.4 is 0 Å². The fourth-order valence-corrected chi connectivity index (χ4v) is 3.40. The molecule has 1 heterocycles. The average molecular weight is 295 g/mol. The first kappa shape index (κ1) is 15.3. The van der Waals surface area contributed by atoms with E-state index in [1.807, 2.05) is 0 Å². The maximum Gasteiger partial charge on any atom is 0.0596 e. The number of aliphatic hydroxyl groups excluding tert-OH is 1. The molecule has 0 spiro atoms. The molecule has 2 aromatic rings. The van der Waals surface area contributed by atoms with E-state index in [1.165, 1.54) is 16.7 Å². The Balaban J connectivity index is 1.65. The van der Waals surface area contributed by atoms with E-state index in [-0.39, 0.29) is 6.10 Å². The number of likely N-dealkylation sites (tertiary alicyclic amines) is 1. The Hall–Kier alpha value is -1.64. The van der Waals surface area contributed by atoms with E-state index in [1.54, 1.807) is 0 Å². The van der Waals surface area contributed by atoms with Crippen LogP contribution >= 0.6 is 0 Å². The van der Waals surface area contributed by atoms with E-state index in [2.05, 4.69) is 66.4 Å². The van der Waals surface area contributed by atoms with Gasteiger partial charge in [-0.3, -0.25) is 4.90 Å². The molecule has 2 unspecified atom stereocenters. The molecule has 0 aliphatic carbocycles.